The minimum atomic E-state index is 0. The van der Waals surface area contributed by atoms with Gasteiger partial charge in [0.2, 0.25) is 5.91 Å². The number of halogens is 1. The summed E-state index contributed by atoms with van der Waals surface area (Å²) in [6, 6.07) is 0. The lowest BCUT2D eigenvalue weighted by atomic mass is 9.93. The maximum absolute atomic E-state index is 12.5. The predicted octanol–water partition coefficient (Wildman–Crippen LogP) is 1.74. The number of rotatable bonds is 3. The summed E-state index contributed by atoms with van der Waals surface area (Å²) in [5.41, 5.74) is 0. The molecule has 3 saturated heterocycles. The molecule has 0 aromatic rings. The third-order valence-corrected chi connectivity index (χ3v) is 5.25. The van der Waals surface area contributed by atoms with Crippen LogP contribution in [0, 0.1) is 11.8 Å². The minimum absolute atomic E-state index is 0. The molecule has 122 valence electrons. The Balaban J connectivity index is 0.00000161. The smallest absolute Gasteiger partial charge is 0.226 e. The van der Waals surface area contributed by atoms with Gasteiger partial charge in [0.15, 0.2) is 0 Å². The van der Waals surface area contributed by atoms with Gasteiger partial charge in [-0.05, 0) is 64.1 Å². The van der Waals surface area contributed by atoms with Gasteiger partial charge >= 0.3 is 0 Å². The molecule has 0 saturated carbocycles. The van der Waals surface area contributed by atoms with Crippen molar-refractivity contribution >= 4 is 18.3 Å². The van der Waals surface area contributed by atoms with Gasteiger partial charge < -0.3 is 15.1 Å². The van der Waals surface area contributed by atoms with Crippen LogP contribution < -0.4 is 5.32 Å². The van der Waals surface area contributed by atoms with E-state index in [1.54, 1.807) is 0 Å². The van der Waals surface area contributed by atoms with Crippen molar-refractivity contribution in [3.8, 4) is 0 Å². The van der Waals surface area contributed by atoms with Crippen molar-refractivity contribution in [3.05, 3.63) is 0 Å². The van der Waals surface area contributed by atoms with Gasteiger partial charge in [-0.3, -0.25) is 4.79 Å². The number of amides is 1. The van der Waals surface area contributed by atoms with Crippen LogP contribution in [-0.4, -0.2) is 61.5 Å². The summed E-state index contributed by atoms with van der Waals surface area (Å²) in [5.74, 6) is 1.57. The molecule has 0 spiro atoms. The minimum Gasteiger partial charge on any atom is -0.342 e. The monoisotopic (exact) mass is 315 g/mol. The predicted molar refractivity (Wildman–Crippen MR) is 87.8 cm³/mol. The zero-order valence-corrected chi connectivity index (χ0v) is 13.9. The summed E-state index contributed by atoms with van der Waals surface area (Å²) in [5, 5.41) is 3.44. The SMILES string of the molecule is Cl.O=C(C1CCCN(CC2CCNCC2)C1)N1CCCC1. The fourth-order valence-corrected chi connectivity index (χ4v) is 4.05. The molecule has 1 amide bonds. The third kappa shape index (κ3) is 4.57. The third-order valence-electron chi connectivity index (χ3n) is 5.25. The number of nitrogens with zero attached hydrogens (tertiary/aromatic N) is 2. The van der Waals surface area contributed by atoms with Gasteiger partial charge in [-0.15, -0.1) is 12.4 Å². The van der Waals surface area contributed by atoms with E-state index >= 15 is 0 Å². The highest BCUT2D eigenvalue weighted by atomic mass is 35.5. The first-order valence-electron chi connectivity index (χ1n) is 8.55. The average Bonchev–Trinajstić information content (AvgIpc) is 3.02. The Labute approximate surface area is 135 Å². The van der Waals surface area contributed by atoms with Crippen LogP contribution >= 0.6 is 12.4 Å². The zero-order valence-electron chi connectivity index (χ0n) is 13.1. The topological polar surface area (TPSA) is 35.6 Å². The Hall–Kier alpha value is -0.320. The van der Waals surface area contributed by atoms with Crippen LogP contribution in [0.25, 0.3) is 0 Å². The standard InChI is InChI=1S/C16H29N3O.ClH/c20-16(19-10-1-2-11-19)15-4-3-9-18(13-15)12-14-5-7-17-8-6-14;/h14-15,17H,1-13H2;1H. The maximum Gasteiger partial charge on any atom is 0.226 e. The Morgan fingerprint density at radius 2 is 1.71 bits per heavy atom. The number of hydrogen-bond acceptors (Lipinski definition) is 3. The van der Waals surface area contributed by atoms with Crippen molar-refractivity contribution in [2.75, 3.05) is 45.8 Å². The van der Waals surface area contributed by atoms with Gasteiger partial charge in [0, 0.05) is 26.2 Å². The fourth-order valence-electron chi connectivity index (χ4n) is 4.05. The van der Waals surface area contributed by atoms with Crippen molar-refractivity contribution in [2.24, 2.45) is 11.8 Å². The van der Waals surface area contributed by atoms with Crippen molar-refractivity contribution in [3.63, 3.8) is 0 Å². The Morgan fingerprint density at radius 1 is 1.00 bits per heavy atom. The van der Waals surface area contributed by atoms with E-state index in [1.165, 1.54) is 58.3 Å². The molecule has 3 fully saturated rings. The van der Waals surface area contributed by atoms with Gasteiger partial charge in [0.05, 0.1) is 5.92 Å². The highest BCUT2D eigenvalue weighted by molar-refractivity contribution is 5.85. The second-order valence-electron chi connectivity index (χ2n) is 6.82. The lowest BCUT2D eigenvalue weighted by Gasteiger charge is -2.36. The van der Waals surface area contributed by atoms with Crippen LogP contribution in [0.3, 0.4) is 0 Å². The summed E-state index contributed by atoms with van der Waals surface area (Å²) < 4.78 is 0. The van der Waals surface area contributed by atoms with Gasteiger partial charge in [-0.2, -0.15) is 0 Å². The quantitative estimate of drug-likeness (QED) is 0.862. The Kier molecular flexibility index (Phi) is 6.77. The number of nitrogens with one attached hydrogen (secondary N) is 1. The largest absolute Gasteiger partial charge is 0.342 e. The Bertz CT molecular complexity index is 327. The molecule has 1 N–H and O–H groups in total. The molecule has 1 atom stereocenters. The maximum atomic E-state index is 12.5. The van der Waals surface area contributed by atoms with Crippen molar-refractivity contribution < 1.29 is 4.79 Å². The molecule has 3 aliphatic rings. The lowest BCUT2D eigenvalue weighted by molar-refractivity contribution is -0.136. The zero-order chi connectivity index (χ0) is 13.8. The molecule has 0 bridgehead atoms. The van der Waals surface area contributed by atoms with E-state index in [-0.39, 0.29) is 18.3 Å². The second-order valence-corrected chi connectivity index (χ2v) is 6.82. The highest BCUT2D eigenvalue weighted by Crippen LogP contribution is 2.23. The van der Waals surface area contributed by atoms with Gasteiger partial charge in [-0.1, -0.05) is 0 Å². The first kappa shape index (κ1) is 17.0. The van der Waals surface area contributed by atoms with Crippen LogP contribution in [0.4, 0.5) is 0 Å². The van der Waals surface area contributed by atoms with Crippen LogP contribution in [0.1, 0.15) is 38.5 Å². The molecule has 5 heteroatoms. The summed E-state index contributed by atoms with van der Waals surface area (Å²) in [7, 11) is 0. The molecule has 3 heterocycles. The van der Waals surface area contributed by atoms with E-state index < -0.39 is 0 Å². The van der Waals surface area contributed by atoms with E-state index in [2.05, 4.69) is 15.1 Å². The first-order chi connectivity index (χ1) is 9.83. The summed E-state index contributed by atoms with van der Waals surface area (Å²) in [6.45, 7) is 7.79. The molecule has 1 unspecified atom stereocenters. The molecule has 0 aliphatic carbocycles. The van der Waals surface area contributed by atoms with Gasteiger partial charge in [0.1, 0.15) is 0 Å². The molecule has 0 radical (unpaired) electrons. The number of carbonyl (C=O) groups excluding carboxylic acids is 1. The van der Waals surface area contributed by atoms with E-state index in [4.69, 9.17) is 0 Å². The molecule has 0 aromatic carbocycles. The second kappa shape index (κ2) is 8.35. The van der Waals surface area contributed by atoms with Gasteiger partial charge in [0.25, 0.3) is 0 Å². The molecular formula is C16H30ClN3O. The summed E-state index contributed by atoms with van der Waals surface area (Å²) in [4.78, 5) is 17.2. The normalized spacial score (nSPS) is 28.4. The fraction of sp³-hybridized carbons (Fsp3) is 0.938. The molecular weight excluding hydrogens is 286 g/mol. The number of likely N-dealkylation sites (tertiary alicyclic amines) is 2. The highest BCUT2D eigenvalue weighted by Gasteiger charge is 2.31. The molecule has 3 rings (SSSR count). The molecule has 4 nitrogen and oxygen atoms in total. The van der Waals surface area contributed by atoms with Crippen molar-refractivity contribution in [2.45, 2.75) is 38.5 Å². The summed E-state index contributed by atoms with van der Waals surface area (Å²) in [6.07, 6.45) is 7.34. The van der Waals surface area contributed by atoms with Crippen molar-refractivity contribution in [1.29, 1.82) is 0 Å². The molecule has 21 heavy (non-hydrogen) atoms. The Morgan fingerprint density at radius 3 is 2.43 bits per heavy atom. The van der Waals surface area contributed by atoms with E-state index in [9.17, 15) is 4.79 Å². The van der Waals surface area contributed by atoms with Gasteiger partial charge in [-0.25, -0.2) is 0 Å². The number of piperidine rings is 2. The van der Waals surface area contributed by atoms with Crippen LogP contribution in [-0.2, 0) is 4.79 Å². The van der Waals surface area contributed by atoms with Crippen LogP contribution in [0.15, 0.2) is 0 Å². The average molecular weight is 316 g/mol. The number of hydrogen-bond donors (Lipinski definition) is 1. The number of carbonyl (C=O) groups is 1. The first-order valence-corrected chi connectivity index (χ1v) is 8.55. The van der Waals surface area contributed by atoms with E-state index in [1.807, 2.05) is 0 Å². The lowest BCUT2D eigenvalue weighted by Crippen LogP contribution is -2.46. The van der Waals surface area contributed by atoms with Crippen molar-refractivity contribution in [1.82, 2.24) is 15.1 Å². The van der Waals surface area contributed by atoms with Crippen LogP contribution in [0.2, 0.25) is 0 Å². The molecule has 3 aliphatic heterocycles. The molecule has 0 aromatic heterocycles. The van der Waals surface area contributed by atoms with Crippen LogP contribution in [0.5, 0.6) is 0 Å². The van der Waals surface area contributed by atoms with E-state index in [0.29, 0.717) is 5.91 Å². The van der Waals surface area contributed by atoms with E-state index in [0.717, 1.165) is 32.0 Å². The summed E-state index contributed by atoms with van der Waals surface area (Å²) >= 11 is 0.